The Labute approximate surface area is 213 Å². The number of ether oxygens (including phenoxy) is 1. The van der Waals surface area contributed by atoms with Gasteiger partial charge in [0.15, 0.2) is 11.4 Å². The molecule has 0 heterocycles. The van der Waals surface area contributed by atoms with Gasteiger partial charge in [-0.15, -0.1) is 0 Å². The summed E-state index contributed by atoms with van der Waals surface area (Å²) in [5, 5.41) is 44.5. The number of Topliss-reactive ketones (excluding diaryl/α,β-unsaturated/α-hetero) is 2. The SMILES string of the molecule is C.CCC(=O)O[C@@H]1[C@@H]2C(=C(O)c3c(O)cccc3[C@H]2C)C(=O)[C@]2(O)C(O)=C(C(N)=O)C(=O)[C@H](N(C)C)[C@H]12. The second-order valence-corrected chi connectivity index (χ2v) is 9.61. The lowest BCUT2D eigenvalue weighted by Gasteiger charge is -2.54. The topological polar surface area (TPSA) is 188 Å². The Balaban J connectivity index is 0.00000380. The summed E-state index contributed by atoms with van der Waals surface area (Å²) < 4.78 is 5.74. The van der Waals surface area contributed by atoms with E-state index in [0.717, 1.165) is 0 Å². The molecule has 0 bridgehead atoms. The van der Waals surface area contributed by atoms with Gasteiger partial charge in [0.1, 0.15) is 28.9 Å². The van der Waals surface area contributed by atoms with Crippen LogP contribution in [0.25, 0.3) is 5.76 Å². The molecule has 0 aliphatic heterocycles. The maximum Gasteiger partial charge on any atom is 0.305 e. The second-order valence-electron chi connectivity index (χ2n) is 9.61. The molecule has 1 aromatic rings. The van der Waals surface area contributed by atoms with Crippen molar-refractivity contribution in [2.45, 2.75) is 51.4 Å². The number of primary amides is 1. The molecule has 6 atom stereocenters. The van der Waals surface area contributed by atoms with Crippen LogP contribution in [0.2, 0.25) is 0 Å². The number of amides is 1. The maximum absolute atomic E-state index is 14.0. The predicted molar refractivity (Wildman–Crippen MR) is 131 cm³/mol. The van der Waals surface area contributed by atoms with E-state index in [2.05, 4.69) is 0 Å². The number of esters is 1. The van der Waals surface area contributed by atoms with Gasteiger partial charge < -0.3 is 30.9 Å². The minimum atomic E-state index is -2.94. The lowest BCUT2D eigenvalue weighted by molar-refractivity contribution is -0.185. The summed E-state index contributed by atoms with van der Waals surface area (Å²) >= 11 is 0. The zero-order chi connectivity index (χ0) is 26.9. The molecule has 11 nitrogen and oxygen atoms in total. The van der Waals surface area contributed by atoms with Crippen molar-refractivity contribution in [1.82, 2.24) is 4.90 Å². The third-order valence-electron chi connectivity index (χ3n) is 7.52. The van der Waals surface area contributed by atoms with Gasteiger partial charge in [0, 0.05) is 17.9 Å². The molecule has 1 fully saturated rings. The van der Waals surface area contributed by atoms with E-state index in [1.807, 2.05) is 0 Å². The van der Waals surface area contributed by atoms with Gasteiger partial charge >= 0.3 is 5.97 Å². The van der Waals surface area contributed by atoms with E-state index in [1.54, 1.807) is 19.1 Å². The fourth-order valence-electron chi connectivity index (χ4n) is 5.92. The van der Waals surface area contributed by atoms with Crippen molar-refractivity contribution >= 4 is 29.2 Å². The van der Waals surface area contributed by atoms with Crippen LogP contribution in [0.4, 0.5) is 0 Å². The number of phenolic OH excluding ortho intramolecular Hbond substituents is 1. The zero-order valence-electron chi connectivity index (χ0n) is 20.2. The van der Waals surface area contributed by atoms with E-state index < -0.39 is 81.6 Å². The van der Waals surface area contributed by atoms with Crippen molar-refractivity contribution in [3.05, 3.63) is 46.2 Å². The smallest absolute Gasteiger partial charge is 0.305 e. The van der Waals surface area contributed by atoms with E-state index in [0.29, 0.717) is 5.56 Å². The predicted octanol–water partition coefficient (Wildman–Crippen LogP) is 1.09. The first kappa shape index (κ1) is 27.9. The van der Waals surface area contributed by atoms with Gasteiger partial charge in [-0.1, -0.05) is 33.4 Å². The molecular weight excluding hydrogens is 484 g/mol. The number of ketones is 2. The Morgan fingerprint density at radius 2 is 1.78 bits per heavy atom. The number of fused-ring (bicyclic) bond motifs is 3. The quantitative estimate of drug-likeness (QED) is 0.286. The number of aliphatic hydroxyl groups is 3. The first-order valence-electron chi connectivity index (χ1n) is 11.5. The fraction of sp³-hybridized carbons (Fsp3) is 0.462. The summed E-state index contributed by atoms with van der Waals surface area (Å²) in [5.74, 6) is -9.67. The van der Waals surface area contributed by atoms with Gasteiger partial charge in [-0.3, -0.25) is 24.1 Å². The van der Waals surface area contributed by atoms with Crippen LogP contribution in [0, 0.1) is 11.8 Å². The number of likely N-dealkylation sites (N-methyl/N-ethyl adjacent to an activating group) is 1. The van der Waals surface area contributed by atoms with E-state index in [1.165, 1.54) is 32.0 Å². The van der Waals surface area contributed by atoms with Crippen LogP contribution < -0.4 is 5.73 Å². The molecule has 6 N–H and O–H groups in total. The summed E-state index contributed by atoms with van der Waals surface area (Å²) in [6.07, 6.45) is -1.47. The lowest BCUT2D eigenvalue weighted by Crippen LogP contribution is -2.71. The van der Waals surface area contributed by atoms with Crippen molar-refractivity contribution in [3.63, 3.8) is 0 Å². The minimum absolute atomic E-state index is 0. The number of aliphatic hydroxyl groups excluding tert-OH is 2. The highest BCUT2D eigenvalue weighted by molar-refractivity contribution is 6.24. The van der Waals surface area contributed by atoms with Crippen LogP contribution >= 0.6 is 0 Å². The summed E-state index contributed by atoms with van der Waals surface area (Å²) in [7, 11) is 2.93. The molecule has 4 rings (SSSR count). The van der Waals surface area contributed by atoms with Gasteiger partial charge in [0.2, 0.25) is 5.78 Å². The van der Waals surface area contributed by atoms with Crippen LogP contribution in [0.15, 0.2) is 35.1 Å². The molecule has 1 saturated carbocycles. The molecule has 0 radical (unpaired) electrons. The number of rotatable bonds is 4. The molecule has 200 valence electrons. The highest BCUT2D eigenvalue weighted by atomic mass is 16.5. The van der Waals surface area contributed by atoms with Crippen molar-refractivity contribution in [1.29, 1.82) is 0 Å². The molecule has 3 aliphatic rings. The summed E-state index contributed by atoms with van der Waals surface area (Å²) in [6, 6.07) is 3.10. The van der Waals surface area contributed by atoms with Crippen molar-refractivity contribution in [3.8, 4) is 5.75 Å². The number of nitrogens with zero attached hydrogens (tertiary/aromatic N) is 1. The number of phenols is 1. The van der Waals surface area contributed by atoms with Crippen LogP contribution in [0.3, 0.4) is 0 Å². The Morgan fingerprint density at radius 3 is 2.32 bits per heavy atom. The summed E-state index contributed by atoms with van der Waals surface area (Å²) in [6.45, 7) is 3.23. The minimum Gasteiger partial charge on any atom is -0.508 e. The molecular formula is C26H32N2O9. The maximum atomic E-state index is 14.0. The molecule has 0 spiro atoms. The Bertz CT molecular complexity index is 1260. The van der Waals surface area contributed by atoms with Crippen molar-refractivity contribution in [2.75, 3.05) is 14.1 Å². The molecule has 1 aromatic carbocycles. The molecule has 3 aliphatic carbocycles. The zero-order valence-corrected chi connectivity index (χ0v) is 20.2. The summed E-state index contributed by atoms with van der Waals surface area (Å²) in [5.41, 5.74) is 1.47. The number of benzene rings is 1. The molecule has 0 unspecified atom stereocenters. The molecule has 37 heavy (non-hydrogen) atoms. The number of aromatic hydroxyl groups is 1. The van der Waals surface area contributed by atoms with Crippen LogP contribution in [-0.2, 0) is 23.9 Å². The Kier molecular flexibility index (Phi) is 7.02. The average molecular weight is 517 g/mol. The Morgan fingerprint density at radius 1 is 1.16 bits per heavy atom. The standard InChI is InChI=1S/C25H28N2O9.CH4/c1-5-12(29)36-21-13-9(2)10-7-6-8-11(28)14(10)19(30)15(13)22(32)25(35)17(21)18(27(3)4)20(31)16(23(25)33)24(26)34;/h6-9,13,17-18,21,28,30,33,35H,5H2,1-4H3,(H2,26,34);1H4/t9-,13+,17-,18-,21-,25+;/m1./s1. The van der Waals surface area contributed by atoms with Gasteiger partial charge in [0.25, 0.3) is 5.91 Å². The van der Waals surface area contributed by atoms with Gasteiger partial charge in [-0.05, 0) is 31.6 Å². The Hall–Kier alpha value is -3.70. The van der Waals surface area contributed by atoms with Gasteiger partial charge in [-0.2, -0.15) is 0 Å². The lowest BCUT2D eigenvalue weighted by atomic mass is 9.54. The second kappa shape index (κ2) is 9.31. The van der Waals surface area contributed by atoms with Crippen molar-refractivity contribution in [2.24, 2.45) is 17.6 Å². The molecule has 11 heteroatoms. The van der Waals surface area contributed by atoms with E-state index in [-0.39, 0.29) is 25.2 Å². The third-order valence-corrected chi connectivity index (χ3v) is 7.52. The number of carbonyl (C=O) groups is 4. The van der Waals surface area contributed by atoms with Crippen LogP contribution in [0.5, 0.6) is 5.75 Å². The van der Waals surface area contributed by atoms with Crippen LogP contribution in [0.1, 0.15) is 44.7 Å². The highest BCUT2D eigenvalue weighted by Gasteiger charge is 2.69. The number of hydrogen-bond donors (Lipinski definition) is 5. The number of nitrogens with two attached hydrogens (primary N) is 1. The van der Waals surface area contributed by atoms with E-state index in [9.17, 15) is 39.6 Å². The number of hydrogen-bond acceptors (Lipinski definition) is 10. The normalized spacial score (nSPS) is 30.8. The van der Waals surface area contributed by atoms with Gasteiger partial charge in [0.05, 0.1) is 17.5 Å². The molecule has 0 saturated heterocycles. The summed E-state index contributed by atoms with van der Waals surface area (Å²) in [4.78, 5) is 53.4. The first-order chi connectivity index (χ1) is 16.8. The third kappa shape index (κ3) is 3.64. The van der Waals surface area contributed by atoms with Crippen LogP contribution in [-0.4, -0.2) is 80.6 Å². The monoisotopic (exact) mass is 516 g/mol. The average Bonchev–Trinajstić information content (AvgIpc) is 2.80. The highest BCUT2D eigenvalue weighted by Crippen LogP contribution is 2.56. The first-order valence-corrected chi connectivity index (χ1v) is 11.5. The largest absolute Gasteiger partial charge is 0.508 e. The van der Waals surface area contributed by atoms with Crippen molar-refractivity contribution < 1.29 is 44.3 Å². The van der Waals surface area contributed by atoms with E-state index in [4.69, 9.17) is 10.5 Å². The van der Waals surface area contributed by atoms with Gasteiger partial charge in [-0.25, -0.2) is 0 Å². The fourth-order valence-corrected chi connectivity index (χ4v) is 5.92. The molecule has 0 aromatic heterocycles. The molecule has 1 amide bonds. The van der Waals surface area contributed by atoms with E-state index >= 15 is 0 Å². The number of carbonyl (C=O) groups excluding carboxylic acids is 4.